The molecule has 0 atom stereocenters. The fourth-order valence-electron chi connectivity index (χ4n) is 4.80. The summed E-state index contributed by atoms with van der Waals surface area (Å²) in [6, 6.07) is 11.6. The Morgan fingerprint density at radius 3 is 2.30 bits per heavy atom. The minimum Gasteiger partial charge on any atom is -0.479 e. The summed E-state index contributed by atoms with van der Waals surface area (Å²) in [5, 5.41) is 3.45. The number of carbonyl (C=O) groups is 2. The quantitative estimate of drug-likeness (QED) is 0.219. The van der Waals surface area contributed by atoms with Gasteiger partial charge in [0.25, 0.3) is 0 Å². The van der Waals surface area contributed by atoms with E-state index in [1.165, 1.54) is 23.5 Å². The number of nitrogens with one attached hydrogen (secondary N) is 1. The van der Waals surface area contributed by atoms with Crippen LogP contribution in [0.25, 0.3) is 10.4 Å². The number of thiophene rings is 1. The number of sulfonamides is 1. The van der Waals surface area contributed by atoms with Crippen LogP contribution in [-0.2, 0) is 36.2 Å². The fourth-order valence-corrected chi connectivity index (χ4v) is 8.33. The molecule has 0 aliphatic carbocycles. The second kappa shape index (κ2) is 14.3. The Labute approximate surface area is 278 Å². The minimum absolute atomic E-state index is 0.0297. The molecule has 250 valence electrons. The second-order valence-corrected chi connectivity index (χ2v) is 15.4. The van der Waals surface area contributed by atoms with Crippen LogP contribution in [0.2, 0.25) is 0 Å². The molecule has 2 aromatic carbocycles. The molecule has 46 heavy (non-hydrogen) atoms. The smallest absolute Gasteiger partial charge is 0.416 e. The van der Waals surface area contributed by atoms with Crippen LogP contribution in [0, 0.1) is 0 Å². The second-order valence-electron chi connectivity index (χ2n) is 11.6. The van der Waals surface area contributed by atoms with E-state index < -0.39 is 45.9 Å². The Kier molecular flexibility index (Phi) is 11.1. The van der Waals surface area contributed by atoms with Gasteiger partial charge in [-0.25, -0.2) is 22.3 Å². The lowest BCUT2D eigenvalue weighted by atomic mass is 10.1. The number of rotatable bonds is 10. The highest BCUT2D eigenvalue weighted by Crippen LogP contribution is 2.46. The van der Waals surface area contributed by atoms with Crippen molar-refractivity contribution in [3.05, 3.63) is 69.0 Å². The fraction of sp³-hybridized carbons (Fsp3) is 0.419. The standard InChI is InChI=1S/C31H34BrF3N2O7S2/c1-30(2,3)44-24(38)17-43-26-25(32)27(45-28(26)29(39)42-4)20-6-5-7-23(16-20)36-22-12-14-37(15-13-22)46(40,41)18-19-8-10-21(11-9-19)31(33,34)35/h5-11,16,22,36H,12-15,17-18H2,1-4H3. The summed E-state index contributed by atoms with van der Waals surface area (Å²) >= 11 is 4.67. The number of hydrogen-bond acceptors (Lipinski definition) is 9. The first-order valence-electron chi connectivity index (χ1n) is 14.2. The molecule has 0 unspecified atom stereocenters. The Morgan fingerprint density at radius 2 is 1.72 bits per heavy atom. The molecular weight excluding hydrogens is 713 g/mol. The zero-order valence-corrected chi connectivity index (χ0v) is 28.8. The molecule has 1 saturated heterocycles. The molecule has 2 heterocycles. The van der Waals surface area contributed by atoms with Gasteiger partial charge in [-0.2, -0.15) is 13.2 Å². The van der Waals surface area contributed by atoms with E-state index in [1.807, 2.05) is 24.3 Å². The lowest BCUT2D eigenvalue weighted by Gasteiger charge is -2.32. The van der Waals surface area contributed by atoms with Gasteiger partial charge in [-0.15, -0.1) is 11.3 Å². The van der Waals surface area contributed by atoms with Crippen molar-refractivity contribution < 1.29 is 45.4 Å². The maximum absolute atomic E-state index is 13.0. The predicted octanol–water partition coefficient (Wildman–Crippen LogP) is 7.11. The number of esters is 2. The van der Waals surface area contributed by atoms with Gasteiger partial charge in [0.2, 0.25) is 10.0 Å². The number of halogens is 4. The normalized spacial score (nSPS) is 15.0. The van der Waals surface area contributed by atoms with E-state index >= 15 is 0 Å². The average molecular weight is 748 g/mol. The van der Waals surface area contributed by atoms with Crippen molar-refractivity contribution in [3.8, 4) is 16.2 Å². The lowest BCUT2D eigenvalue weighted by Crippen LogP contribution is -2.42. The molecule has 0 spiro atoms. The topological polar surface area (TPSA) is 111 Å². The highest BCUT2D eigenvalue weighted by atomic mass is 79.9. The Bertz CT molecular complexity index is 1660. The summed E-state index contributed by atoms with van der Waals surface area (Å²) in [6.07, 6.45) is -3.44. The van der Waals surface area contributed by atoms with Gasteiger partial charge in [0, 0.05) is 24.8 Å². The van der Waals surface area contributed by atoms with E-state index in [-0.39, 0.29) is 35.5 Å². The van der Waals surface area contributed by atoms with Crippen LogP contribution in [0.5, 0.6) is 5.75 Å². The molecule has 1 aliphatic rings. The molecule has 9 nitrogen and oxygen atoms in total. The van der Waals surface area contributed by atoms with Gasteiger partial charge in [0.15, 0.2) is 17.2 Å². The van der Waals surface area contributed by atoms with Gasteiger partial charge in [-0.3, -0.25) is 0 Å². The first-order valence-corrected chi connectivity index (χ1v) is 17.4. The van der Waals surface area contributed by atoms with Crippen molar-refractivity contribution in [2.45, 2.75) is 57.2 Å². The van der Waals surface area contributed by atoms with Gasteiger partial charge in [0.1, 0.15) is 5.60 Å². The van der Waals surface area contributed by atoms with Gasteiger partial charge in [-0.1, -0.05) is 24.3 Å². The number of alkyl halides is 3. The van der Waals surface area contributed by atoms with Crippen molar-refractivity contribution in [2.75, 3.05) is 32.1 Å². The van der Waals surface area contributed by atoms with Crippen LogP contribution in [0.15, 0.2) is 53.0 Å². The van der Waals surface area contributed by atoms with E-state index in [1.54, 1.807) is 20.8 Å². The van der Waals surface area contributed by atoms with Crippen LogP contribution in [0.3, 0.4) is 0 Å². The van der Waals surface area contributed by atoms with Crippen LogP contribution in [0.4, 0.5) is 18.9 Å². The zero-order chi connectivity index (χ0) is 33.9. The molecule has 0 radical (unpaired) electrons. The molecule has 15 heteroatoms. The summed E-state index contributed by atoms with van der Waals surface area (Å²) in [6.45, 7) is 5.33. The zero-order valence-electron chi connectivity index (χ0n) is 25.6. The van der Waals surface area contributed by atoms with Crippen LogP contribution in [-0.4, -0.2) is 63.1 Å². The minimum atomic E-state index is -4.49. The number of hydrogen-bond donors (Lipinski definition) is 1. The number of nitrogens with zero attached hydrogens (tertiary/aromatic N) is 1. The number of methoxy groups -OCH3 is 1. The number of benzene rings is 2. The SMILES string of the molecule is COC(=O)c1sc(-c2cccc(NC3CCN(S(=O)(=O)Cc4ccc(C(F)(F)F)cc4)CC3)c2)c(Br)c1OCC(=O)OC(C)(C)C. The number of anilines is 1. The Balaban J connectivity index is 1.41. The third-order valence-electron chi connectivity index (χ3n) is 6.91. The molecule has 4 rings (SSSR count). The highest BCUT2D eigenvalue weighted by Gasteiger charge is 2.32. The summed E-state index contributed by atoms with van der Waals surface area (Å²) in [7, 11) is -2.46. The van der Waals surface area contributed by atoms with Gasteiger partial charge in [-0.05, 0) is 84.9 Å². The molecular formula is C31H34BrF3N2O7S2. The molecule has 0 amide bonds. The Morgan fingerprint density at radius 1 is 1.07 bits per heavy atom. The lowest BCUT2D eigenvalue weighted by molar-refractivity contribution is -0.157. The highest BCUT2D eigenvalue weighted by molar-refractivity contribution is 9.10. The van der Waals surface area contributed by atoms with Crippen LogP contribution < -0.4 is 10.1 Å². The average Bonchev–Trinajstić information content (AvgIpc) is 3.30. The van der Waals surface area contributed by atoms with Crippen molar-refractivity contribution in [1.29, 1.82) is 0 Å². The first-order chi connectivity index (χ1) is 21.5. The monoisotopic (exact) mass is 746 g/mol. The van der Waals surface area contributed by atoms with Crippen LogP contribution in [0.1, 0.15) is 54.4 Å². The number of carbonyl (C=O) groups excluding carboxylic acids is 2. The largest absolute Gasteiger partial charge is 0.479 e. The van der Waals surface area contributed by atoms with E-state index in [2.05, 4.69) is 21.2 Å². The molecule has 1 fully saturated rings. The predicted molar refractivity (Wildman–Crippen MR) is 172 cm³/mol. The molecule has 0 bridgehead atoms. The maximum atomic E-state index is 13.0. The van der Waals surface area contributed by atoms with Crippen molar-refractivity contribution in [3.63, 3.8) is 0 Å². The third kappa shape index (κ3) is 9.23. The molecule has 3 aromatic rings. The summed E-state index contributed by atoms with van der Waals surface area (Å²) in [5.41, 5.74) is 0.303. The molecule has 1 aromatic heterocycles. The summed E-state index contributed by atoms with van der Waals surface area (Å²) < 4.78 is 82.3. The van der Waals surface area contributed by atoms with Crippen LogP contribution >= 0.6 is 27.3 Å². The van der Waals surface area contributed by atoms with Gasteiger partial charge < -0.3 is 19.5 Å². The van der Waals surface area contributed by atoms with E-state index in [4.69, 9.17) is 14.2 Å². The van der Waals surface area contributed by atoms with Gasteiger partial charge >= 0.3 is 18.1 Å². The van der Waals surface area contributed by atoms with Crippen molar-refractivity contribution >= 4 is 54.9 Å². The van der Waals surface area contributed by atoms with E-state index in [0.29, 0.717) is 27.8 Å². The first kappa shape index (κ1) is 35.7. The Hall–Kier alpha value is -3.14. The third-order valence-corrected chi connectivity index (χ3v) is 11.0. The summed E-state index contributed by atoms with van der Waals surface area (Å²) in [5.74, 6) is -1.42. The van der Waals surface area contributed by atoms with E-state index in [9.17, 15) is 31.2 Å². The maximum Gasteiger partial charge on any atom is 0.416 e. The number of ether oxygens (including phenoxy) is 3. The van der Waals surface area contributed by atoms with E-state index in [0.717, 1.165) is 34.7 Å². The molecule has 1 aliphatic heterocycles. The van der Waals surface area contributed by atoms with Crippen molar-refractivity contribution in [2.24, 2.45) is 0 Å². The molecule has 0 saturated carbocycles. The summed E-state index contributed by atoms with van der Waals surface area (Å²) in [4.78, 5) is 25.7. The van der Waals surface area contributed by atoms with Crippen molar-refractivity contribution in [1.82, 2.24) is 4.31 Å². The number of piperidine rings is 1. The molecule has 1 N–H and O–H groups in total. The van der Waals surface area contributed by atoms with Gasteiger partial charge in [0.05, 0.1) is 27.8 Å².